The summed E-state index contributed by atoms with van der Waals surface area (Å²) in [6.07, 6.45) is 0. The smallest absolute Gasteiger partial charge is 0.254 e. The molecular weight excluding hydrogens is 391 g/mol. The molecule has 1 fully saturated rings. The molecule has 0 radical (unpaired) electrons. The summed E-state index contributed by atoms with van der Waals surface area (Å²) >= 11 is 3.79. The molecule has 1 saturated heterocycles. The van der Waals surface area contributed by atoms with Crippen molar-refractivity contribution in [2.75, 3.05) is 26.2 Å². The van der Waals surface area contributed by atoms with Gasteiger partial charge in [0.1, 0.15) is 0 Å². The van der Waals surface area contributed by atoms with Crippen LogP contribution in [0.5, 0.6) is 0 Å². The van der Waals surface area contributed by atoms with Crippen LogP contribution in [0.25, 0.3) is 0 Å². The molecule has 8 heteroatoms. The van der Waals surface area contributed by atoms with Gasteiger partial charge in [-0.25, -0.2) is 0 Å². The van der Waals surface area contributed by atoms with E-state index >= 15 is 0 Å². The minimum Gasteiger partial charge on any atom is -0.409 e. The lowest BCUT2D eigenvalue weighted by atomic mass is 10.2. The van der Waals surface area contributed by atoms with Gasteiger partial charge >= 0.3 is 0 Å². The van der Waals surface area contributed by atoms with Crippen molar-refractivity contribution < 1.29 is 10.0 Å². The molecule has 1 unspecified atom stereocenters. The minimum absolute atomic E-state index is 0.0836. The lowest BCUT2D eigenvalue weighted by molar-refractivity contribution is 0.0619. The summed E-state index contributed by atoms with van der Waals surface area (Å²) in [5.74, 6) is 0.289. The molecule has 1 aromatic rings. The third-order valence-electron chi connectivity index (χ3n) is 3.51. The van der Waals surface area contributed by atoms with Gasteiger partial charge in [-0.3, -0.25) is 9.69 Å². The van der Waals surface area contributed by atoms with Crippen molar-refractivity contribution in [1.29, 1.82) is 0 Å². The van der Waals surface area contributed by atoms with E-state index in [9.17, 15) is 4.79 Å². The van der Waals surface area contributed by atoms with Gasteiger partial charge in [0.15, 0.2) is 5.84 Å². The average molecular weight is 408 g/mol. The highest BCUT2D eigenvalue weighted by Gasteiger charge is 2.26. The Bertz CT molecular complexity index is 511. The summed E-state index contributed by atoms with van der Waals surface area (Å²) in [6.45, 7) is 4.67. The zero-order valence-corrected chi connectivity index (χ0v) is 14.1. The van der Waals surface area contributed by atoms with E-state index < -0.39 is 0 Å². The van der Waals surface area contributed by atoms with Crippen molar-refractivity contribution in [3.63, 3.8) is 0 Å². The molecule has 0 aromatic carbocycles. The Hall–Kier alpha value is -0.870. The Morgan fingerprint density at radius 1 is 1.50 bits per heavy atom. The number of nitrogens with zero attached hydrogens (tertiary/aromatic N) is 3. The molecule has 2 rings (SSSR count). The number of piperazine rings is 1. The van der Waals surface area contributed by atoms with Crippen LogP contribution in [0.15, 0.2) is 16.6 Å². The number of thiophene rings is 1. The van der Waals surface area contributed by atoms with Crippen LogP contribution in [0.4, 0.5) is 0 Å². The molecule has 3 N–H and O–H groups in total. The number of oxime groups is 1. The largest absolute Gasteiger partial charge is 0.409 e. The molecule has 1 atom stereocenters. The van der Waals surface area contributed by atoms with Crippen LogP contribution in [0.1, 0.15) is 17.3 Å². The quantitative estimate of drug-likeness (QED) is 0.259. The summed E-state index contributed by atoms with van der Waals surface area (Å²) in [4.78, 5) is 16.3. The summed E-state index contributed by atoms with van der Waals surface area (Å²) in [5.41, 5.74) is 6.38. The van der Waals surface area contributed by atoms with E-state index in [2.05, 4.69) is 32.6 Å². The first-order chi connectivity index (χ1) is 9.52. The van der Waals surface area contributed by atoms with Crippen molar-refractivity contribution in [2.45, 2.75) is 13.0 Å². The van der Waals surface area contributed by atoms with Crippen LogP contribution in [0.3, 0.4) is 0 Å². The SMILES string of the molecule is CC(C(N)=NO)N1CCN(C(=O)c2csc(I)c2)CC1. The molecule has 2 heterocycles. The first-order valence-electron chi connectivity index (χ1n) is 6.27. The number of nitrogens with two attached hydrogens (primary N) is 1. The fraction of sp³-hybridized carbons (Fsp3) is 0.500. The zero-order valence-electron chi connectivity index (χ0n) is 11.1. The number of carbonyl (C=O) groups is 1. The predicted octanol–water partition coefficient (Wildman–Crippen LogP) is 1.25. The molecule has 0 aliphatic carbocycles. The second kappa shape index (κ2) is 6.72. The van der Waals surface area contributed by atoms with Crippen molar-refractivity contribution in [3.8, 4) is 0 Å². The topological polar surface area (TPSA) is 82.2 Å². The lowest BCUT2D eigenvalue weighted by Gasteiger charge is -2.37. The van der Waals surface area contributed by atoms with Crippen LogP contribution in [0.2, 0.25) is 0 Å². The maximum Gasteiger partial charge on any atom is 0.254 e. The molecule has 1 aliphatic rings. The first kappa shape index (κ1) is 15.5. The highest BCUT2D eigenvalue weighted by molar-refractivity contribution is 14.1. The van der Waals surface area contributed by atoms with E-state index in [4.69, 9.17) is 10.9 Å². The van der Waals surface area contributed by atoms with Gasteiger partial charge < -0.3 is 15.8 Å². The van der Waals surface area contributed by atoms with Gasteiger partial charge in [-0.1, -0.05) is 5.16 Å². The van der Waals surface area contributed by atoms with E-state index in [1.165, 1.54) is 0 Å². The fourth-order valence-corrected chi connectivity index (χ4v) is 3.51. The number of amidine groups is 1. The van der Waals surface area contributed by atoms with Crippen LogP contribution in [-0.4, -0.2) is 59.0 Å². The van der Waals surface area contributed by atoms with E-state index in [0.29, 0.717) is 13.1 Å². The Labute approximate surface area is 135 Å². The number of amides is 1. The summed E-state index contributed by atoms with van der Waals surface area (Å²) in [6, 6.07) is 1.80. The Morgan fingerprint density at radius 3 is 2.65 bits per heavy atom. The van der Waals surface area contributed by atoms with Gasteiger partial charge in [-0.2, -0.15) is 0 Å². The summed E-state index contributed by atoms with van der Waals surface area (Å²) in [7, 11) is 0. The molecule has 1 amide bonds. The summed E-state index contributed by atoms with van der Waals surface area (Å²) < 4.78 is 1.12. The highest BCUT2D eigenvalue weighted by atomic mass is 127. The highest BCUT2D eigenvalue weighted by Crippen LogP contribution is 2.19. The molecule has 6 nitrogen and oxygen atoms in total. The van der Waals surface area contributed by atoms with E-state index in [1.54, 1.807) is 11.3 Å². The minimum atomic E-state index is -0.112. The predicted molar refractivity (Wildman–Crippen MR) is 87.4 cm³/mol. The molecule has 1 aromatic heterocycles. The van der Waals surface area contributed by atoms with E-state index in [1.807, 2.05) is 23.3 Å². The standard InChI is InChI=1S/C12H17IN4O2S/c1-8(11(14)15-19)16-2-4-17(5-3-16)12(18)9-6-10(13)20-7-9/h6-8,19H,2-5H2,1H3,(H2,14,15). The monoisotopic (exact) mass is 408 g/mol. The van der Waals surface area contributed by atoms with E-state index in [-0.39, 0.29) is 17.8 Å². The average Bonchev–Trinajstić information content (AvgIpc) is 2.91. The van der Waals surface area contributed by atoms with Gasteiger partial charge in [0.25, 0.3) is 5.91 Å². The maximum atomic E-state index is 12.3. The number of rotatable bonds is 3. The van der Waals surface area contributed by atoms with Crippen molar-refractivity contribution >= 4 is 45.7 Å². The van der Waals surface area contributed by atoms with Crippen molar-refractivity contribution in [2.24, 2.45) is 10.9 Å². The lowest BCUT2D eigenvalue weighted by Crippen LogP contribution is -2.54. The first-order valence-corrected chi connectivity index (χ1v) is 8.23. The Morgan fingerprint density at radius 2 is 2.15 bits per heavy atom. The van der Waals surface area contributed by atoms with Gasteiger partial charge in [0.2, 0.25) is 0 Å². The molecule has 20 heavy (non-hydrogen) atoms. The second-order valence-corrected chi connectivity index (χ2v) is 7.47. The molecule has 0 spiro atoms. The molecular formula is C12H17IN4O2S. The second-order valence-electron chi connectivity index (χ2n) is 4.67. The van der Waals surface area contributed by atoms with Gasteiger partial charge in [0.05, 0.1) is 14.5 Å². The van der Waals surface area contributed by atoms with Crippen molar-refractivity contribution in [3.05, 3.63) is 19.9 Å². The maximum absolute atomic E-state index is 12.3. The van der Waals surface area contributed by atoms with Crippen LogP contribution in [-0.2, 0) is 0 Å². The van der Waals surface area contributed by atoms with Gasteiger partial charge in [-0.15, -0.1) is 11.3 Å². The third-order valence-corrected chi connectivity index (χ3v) is 5.30. The molecule has 0 saturated carbocycles. The number of hydrogen-bond donors (Lipinski definition) is 2. The normalized spacial score (nSPS) is 19.1. The van der Waals surface area contributed by atoms with Crippen LogP contribution >= 0.6 is 33.9 Å². The van der Waals surface area contributed by atoms with E-state index in [0.717, 1.165) is 21.5 Å². The fourth-order valence-electron chi connectivity index (χ4n) is 2.19. The summed E-state index contributed by atoms with van der Waals surface area (Å²) in [5, 5.41) is 13.6. The van der Waals surface area contributed by atoms with Crippen molar-refractivity contribution in [1.82, 2.24) is 9.80 Å². The number of hydrogen-bond acceptors (Lipinski definition) is 5. The Balaban J connectivity index is 1.93. The number of halogens is 1. The Kier molecular flexibility index (Phi) is 5.22. The number of carbonyl (C=O) groups excluding carboxylic acids is 1. The van der Waals surface area contributed by atoms with Gasteiger partial charge in [0, 0.05) is 31.6 Å². The molecule has 1 aliphatic heterocycles. The third kappa shape index (κ3) is 3.41. The zero-order chi connectivity index (χ0) is 14.7. The van der Waals surface area contributed by atoms with Crippen LogP contribution in [0, 0.1) is 2.88 Å². The van der Waals surface area contributed by atoms with Crippen LogP contribution < -0.4 is 5.73 Å². The molecule has 0 bridgehead atoms. The van der Waals surface area contributed by atoms with Gasteiger partial charge in [-0.05, 0) is 35.6 Å². The molecule has 110 valence electrons.